The molecule has 18 heavy (non-hydrogen) atoms. The Morgan fingerprint density at radius 3 is 2.83 bits per heavy atom. The molecule has 0 saturated heterocycles. The second-order valence-corrected chi connectivity index (χ2v) is 6.55. The Morgan fingerprint density at radius 2 is 2.06 bits per heavy atom. The molecular formula is C14H19NO2S. The highest BCUT2D eigenvalue weighted by Gasteiger charge is 2.29. The normalized spacial score (nSPS) is 26.9. The molecule has 3 nitrogen and oxygen atoms in total. The van der Waals surface area contributed by atoms with E-state index in [9.17, 15) is 9.90 Å². The standard InChI is InChI=1S/C14H19NO2S/c16-11-7-10(8-11)15-14(17)13-6-9-4-2-1-3-5-12(9)18-13/h6,10-11,16H,1-5,7-8H2,(H,15,17). The summed E-state index contributed by atoms with van der Waals surface area (Å²) in [6.07, 6.45) is 7.27. The highest BCUT2D eigenvalue weighted by Crippen LogP contribution is 2.29. The number of carbonyl (C=O) groups excluding carboxylic acids is 1. The van der Waals surface area contributed by atoms with Crippen LogP contribution in [0.15, 0.2) is 6.07 Å². The minimum absolute atomic E-state index is 0.0463. The summed E-state index contributed by atoms with van der Waals surface area (Å²) in [7, 11) is 0. The summed E-state index contributed by atoms with van der Waals surface area (Å²) >= 11 is 1.66. The molecule has 0 bridgehead atoms. The van der Waals surface area contributed by atoms with E-state index in [2.05, 4.69) is 11.4 Å². The van der Waals surface area contributed by atoms with Gasteiger partial charge in [-0.15, -0.1) is 11.3 Å². The van der Waals surface area contributed by atoms with Gasteiger partial charge in [0.15, 0.2) is 0 Å². The minimum Gasteiger partial charge on any atom is -0.393 e. The van der Waals surface area contributed by atoms with E-state index in [1.165, 1.54) is 29.7 Å². The van der Waals surface area contributed by atoms with Gasteiger partial charge < -0.3 is 10.4 Å². The van der Waals surface area contributed by atoms with Gasteiger partial charge in [-0.05, 0) is 50.2 Å². The first-order chi connectivity index (χ1) is 8.72. The molecule has 1 amide bonds. The third-order valence-corrected chi connectivity index (χ3v) is 5.15. The summed E-state index contributed by atoms with van der Waals surface area (Å²) in [5.41, 5.74) is 1.39. The number of hydrogen-bond donors (Lipinski definition) is 2. The zero-order valence-electron chi connectivity index (χ0n) is 10.4. The molecule has 0 radical (unpaired) electrons. The molecule has 4 heteroatoms. The number of amides is 1. The zero-order valence-corrected chi connectivity index (χ0v) is 11.3. The molecule has 2 aliphatic carbocycles. The van der Waals surface area contributed by atoms with Crippen LogP contribution in [0.5, 0.6) is 0 Å². The van der Waals surface area contributed by atoms with E-state index in [1.807, 2.05) is 0 Å². The maximum absolute atomic E-state index is 12.1. The van der Waals surface area contributed by atoms with Crippen LogP contribution in [0.4, 0.5) is 0 Å². The first-order valence-electron chi connectivity index (χ1n) is 6.83. The molecule has 2 N–H and O–H groups in total. The van der Waals surface area contributed by atoms with Crippen LogP contribution in [0.1, 0.15) is 52.2 Å². The molecule has 0 atom stereocenters. The number of rotatable bonds is 2. The van der Waals surface area contributed by atoms with E-state index in [1.54, 1.807) is 11.3 Å². The van der Waals surface area contributed by atoms with Crippen molar-refractivity contribution in [2.45, 2.75) is 57.1 Å². The van der Waals surface area contributed by atoms with E-state index in [0.717, 1.165) is 17.7 Å². The lowest BCUT2D eigenvalue weighted by Gasteiger charge is -2.31. The Labute approximate surface area is 111 Å². The summed E-state index contributed by atoms with van der Waals surface area (Å²) in [6.45, 7) is 0. The fraction of sp³-hybridized carbons (Fsp3) is 0.643. The van der Waals surface area contributed by atoms with Crippen molar-refractivity contribution in [1.82, 2.24) is 5.32 Å². The van der Waals surface area contributed by atoms with Crippen LogP contribution >= 0.6 is 11.3 Å². The first kappa shape index (κ1) is 12.2. The number of nitrogens with one attached hydrogen (secondary N) is 1. The molecule has 1 aromatic heterocycles. The first-order valence-corrected chi connectivity index (χ1v) is 7.64. The van der Waals surface area contributed by atoms with Gasteiger partial charge in [0.05, 0.1) is 11.0 Å². The number of aliphatic hydroxyl groups excluding tert-OH is 1. The van der Waals surface area contributed by atoms with E-state index in [-0.39, 0.29) is 18.1 Å². The molecule has 98 valence electrons. The molecule has 1 saturated carbocycles. The number of aryl methyl sites for hydroxylation is 2. The fourth-order valence-electron chi connectivity index (χ4n) is 2.74. The van der Waals surface area contributed by atoms with Gasteiger partial charge in [-0.3, -0.25) is 4.79 Å². The molecule has 3 rings (SSSR count). The van der Waals surface area contributed by atoms with Gasteiger partial charge in [-0.2, -0.15) is 0 Å². The van der Waals surface area contributed by atoms with Crippen molar-refractivity contribution >= 4 is 17.2 Å². The average Bonchev–Trinajstić information content (AvgIpc) is 2.59. The van der Waals surface area contributed by atoms with Crippen LogP contribution in [0.25, 0.3) is 0 Å². The van der Waals surface area contributed by atoms with Gasteiger partial charge in [0, 0.05) is 10.9 Å². The van der Waals surface area contributed by atoms with E-state index >= 15 is 0 Å². The monoisotopic (exact) mass is 265 g/mol. The predicted molar refractivity (Wildman–Crippen MR) is 72.1 cm³/mol. The molecule has 0 spiro atoms. The van der Waals surface area contributed by atoms with Crippen LogP contribution in [0.3, 0.4) is 0 Å². The predicted octanol–water partition coefficient (Wildman–Crippen LogP) is 2.27. The lowest BCUT2D eigenvalue weighted by atomic mass is 9.89. The van der Waals surface area contributed by atoms with Gasteiger partial charge in [-0.1, -0.05) is 6.42 Å². The topological polar surface area (TPSA) is 49.3 Å². The van der Waals surface area contributed by atoms with Gasteiger partial charge in [0.1, 0.15) is 0 Å². The molecular weight excluding hydrogens is 246 g/mol. The minimum atomic E-state index is -0.213. The maximum Gasteiger partial charge on any atom is 0.261 e. The van der Waals surface area contributed by atoms with Crippen LogP contribution in [0, 0.1) is 0 Å². The third kappa shape index (κ3) is 2.45. The van der Waals surface area contributed by atoms with Crippen LogP contribution in [-0.4, -0.2) is 23.2 Å². The van der Waals surface area contributed by atoms with Gasteiger partial charge in [-0.25, -0.2) is 0 Å². The number of carbonyl (C=O) groups is 1. The smallest absolute Gasteiger partial charge is 0.261 e. The Hall–Kier alpha value is -0.870. The van der Waals surface area contributed by atoms with Gasteiger partial charge in [0.2, 0.25) is 0 Å². The van der Waals surface area contributed by atoms with Crippen molar-refractivity contribution in [1.29, 1.82) is 0 Å². The summed E-state index contributed by atoms with van der Waals surface area (Å²) < 4.78 is 0. The summed E-state index contributed by atoms with van der Waals surface area (Å²) in [6, 6.07) is 2.25. The number of fused-ring (bicyclic) bond motifs is 1. The Bertz CT molecular complexity index is 425. The fourth-order valence-corrected chi connectivity index (χ4v) is 3.90. The maximum atomic E-state index is 12.1. The lowest BCUT2D eigenvalue weighted by molar-refractivity contribution is 0.0564. The number of hydrogen-bond acceptors (Lipinski definition) is 3. The quantitative estimate of drug-likeness (QED) is 0.806. The molecule has 1 fully saturated rings. The third-order valence-electron chi connectivity index (χ3n) is 3.92. The summed E-state index contributed by atoms with van der Waals surface area (Å²) in [5.74, 6) is 0.0463. The molecule has 0 aromatic carbocycles. The van der Waals surface area contributed by atoms with Gasteiger partial charge in [0.25, 0.3) is 5.91 Å². The van der Waals surface area contributed by atoms with Gasteiger partial charge >= 0.3 is 0 Å². The second-order valence-electron chi connectivity index (χ2n) is 5.42. The summed E-state index contributed by atoms with van der Waals surface area (Å²) in [4.78, 5) is 14.3. The molecule has 2 aliphatic rings. The lowest BCUT2D eigenvalue weighted by Crippen LogP contribution is -2.46. The molecule has 1 aromatic rings. The Kier molecular flexibility index (Phi) is 3.39. The highest BCUT2D eigenvalue weighted by molar-refractivity contribution is 7.14. The van der Waals surface area contributed by atoms with E-state index < -0.39 is 0 Å². The Morgan fingerprint density at radius 1 is 1.28 bits per heavy atom. The zero-order chi connectivity index (χ0) is 12.5. The van der Waals surface area contributed by atoms with E-state index in [4.69, 9.17) is 0 Å². The summed E-state index contributed by atoms with van der Waals surface area (Å²) in [5, 5.41) is 12.2. The van der Waals surface area contributed by atoms with Crippen molar-refractivity contribution in [2.75, 3.05) is 0 Å². The highest BCUT2D eigenvalue weighted by atomic mass is 32.1. The van der Waals surface area contributed by atoms with Crippen molar-refractivity contribution < 1.29 is 9.90 Å². The number of aliphatic hydroxyl groups is 1. The van der Waals surface area contributed by atoms with Crippen LogP contribution in [0.2, 0.25) is 0 Å². The van der Waals surface area contributed by atoms with Crippen molar-refractivity contribution in [2.24, 2.45) is 0 Å². The van der Waals surface area contributed by atoms with E-state index in [0.29, 0.717) is 12.8 Å². The largest absolute Gasteiger partial charge is 0.393 e. The van der Waals surface area contributed by atoms with Crippen LogP contribution < -0.4 is 5.32 Å². The SMILES string of the molecule is O=C(NC1CC(O)C1)c1cc2c(s1)CCCCC2. The average molecular weight is 265 g/mol. The van der Waals surface area contributed by atoms with Crippen LogP contribution in [-0.2, 0) is 12.8 Å². The van der Waals surface area contributed by atoms with Crippen molar-refractivity contribution in [3.63, 3.8) is 0 Å². The van der Waals surface area contributed by atoms with Crippen molar-refractivity contribution in [3.05, 3.63) is 21.4 Å². The van der Waals surface area contributed by atoms with Crippen molar-refractivity contribution in [3.8, 4) is 0 Å². The Balaban J connectivity index is 1.66. The molecule has 0 unspecified atom stereocenters. The molecule has 0 aliphatic heterocycles. The number of thiophene rings is 1. The second kappa shape index (κ2) is 5.02. The molecule has 1 heterocycles.